The maximum Gasteiger partial charge on any atom is 0.329 e. The number of amides is 1. The molecule has 0 spiro atoms. The summed E-state index contributed by atoms with van der Waals surface area (Å²) in [6.45, 7) is 4.19. The van der Waals surface area contributed by atoms with Gasteiger partial charge in [-0.3, -0.25) is 4.79 Å². The summed E-state index contributed by atoms with van der Waals surface area (Å²) in [7, 11) is 0. The third kappa shape index (κ3) is 2.49. The van der Waals surface area contributed by atoms with Crippen LogP contribution in [-0.2, 0) is 14.3 Å². The highest BCUT2D eigenvalue weighted by atomic mass is 16.5. The molecule has 2 fully saturated rings. The van der Waals surface area contributed by atoms with Crippen molar-refractivity contribution >= 4 is 11.9 Å². The Kier molecular flexibility index (Phi) is 3.87. The van der Waals surface area contributed by atoms with Gasteiger partial charge in [0.2, 0.25) is 5.91 Å². The molecule has 102 valence electrons. The molecule has 2 rings (SSSR count). The SMILES string of the molecule is C[C@@H]1CNC[C@H]1C(=O)NC1(C(=O)O)CCOCC1. The first-order valence-corrected chi connectivity index (χ1v) is 6.39. The largest absolute Gasteiger partial charge is 0.480 e. The van der Waals surface area contributed by atoms with Crippen molar-refractivity contribution in [3.63, 3.8) is 0 Å². The zero-order valence-electron chi connectivity index (χ0n) is 10.6. The lowest BCUT2D eigenvalue weighted by Crippen LogP contribution is -2.59. The molecule has 0 aromatic heterocycles. The van der Waals surface area contributed by atoms with Gasteiger partial charge in [-0.1, -0.05) is 6.92 Å². The van der Waals surface area contributed by atoms with Crippen LogP contribution in [0.3, 0.4) is 0 Å². The van der Waals surface area contributed by atoms with E-state index in [1.807, 2.05) is 6.92 Å². The Hall–Kier alpha value is -1.14. The van der Waals surface area contributed by atoms with E-state index < -0.39 is 11.5 Å². The van der Waals surface area contributed by atoms with E-state index in [-0.39, 0.29) is 17.7 Å². The molecule has 18 heavy (non-hydrogen) atoms. The average molecular weight is 256 g/mol. The van der Waals surface area contributed by atoms with Crippen molar-refractivity contribution in [3.05, 3.63) is 0 Å². The Balaban J connectivity index is 2.04. The number of ether oxygens (including phenoxy) is 1. The van der Waals surface area contributed by atoms with Crippen molar-refractivity contribution in [1.29, 1.82) is 0 Å². The summed E-state index contributed by atoms with van der Waals surface area (Å²) in [5.74, 6) is -1.01. The van der Waals surface area contributed by atoms with E-state index in [1.165, 1.54) is 0 Å². The molecular weight excluding hydrogens is 236 g/mol. The van der Waals surface area contributed by atoms with Gasteiger partial charge in [0.05, 0.1) is 5.92 Å². The zero-order chi connectivity index (χ0) is 13.2. The Morgan fingerprint density at radius 2 is 2.00 bits per heavy atom. The fourth-order valence-corrected chi connectivity index (χ4v) is 2.60. The van der Waals surface area contributed by atoms with Crippen LogP contribution >= 0.6 is 0 Å². The molecule has 6 nitrogen and oxygen atoms in total. The van der Waals surface area contributed by atoms with Crippen molar-refractivity contribution in [1.82, 2.24) is 10.6 Å². The molecule has 0 aromatic rings. The van der Waals surface area contributed by atoms with E-state index in [1.54, 1.807) is 0 Å². The molecule has 1 amide bonds. The van der Waals surface area contributed by atoms with Crippen molar-refractivity contribution in [2.75, 3.05) is 26.3 Å². The monoisotopic (exact) mass is 256 g/mol. The highest BCUT2D eigenvalue weighted by molar-refractivity contribution is 5.88. The first-order chi connectivity index (χ1) is 8.55. The first-order valence-electron chi connectivity index (χ1n) is 6.39. The Labute approximate surface area is 106 Å². The zero-order valence-corrected chi connectivity index (χ0v) is 10.6. The van der Waals surface area contributed by atoms with Gasteiger partial charge >= 0.3 is 5.97 Å². The lowest BCUT2D eigenvalue weighted by Gasteiger charge is -2.35. The number of aliphatic carboxylic acids is 1. The maximum absolute atomic E-state index is 12.2. The number of carbonyl (C=O) groups excluding carboxylic acids is 1. The van der Waals surface area contributed by atoms with Crippen LogP contribution in [0.15, 0.2) is 0 Å². The second-order valence-electron chi connectivity index (χ2n) is 5.23. The van der Waals surface area contributed by atoms with Gasteiger partial charge in [0.1, 0.15) is 5.54 Å². The molecule has 0 aromatic carbocycles. The van der Waals surface area contributed by atoms with E-state index in [0.717, 1.165) is 6.54 Å². The van der Waals surface area contributed by atoms with Gasteiger partial charge < -0.3 is 20.5 Å². The number of nitrogens with one attached hydrogen (secondary N) is 2. The topological polar surface area (TPSA) is 87.7 Å². The lowest BCUT2D eigenvalue weighted by molar-refractivity contribution is -0.152. The Morgan fingerprint density at radius 3 is 2.50 bits per heavy atom. The third-order valence-electron chi connectivity index (χ3n) is 3.97. The van der Waals surface area contributed by atoms with Crippen LogP contribution in [0.25, 0.3) is 0 Å². The highest BCUT2D eigenvalue weighted by Gasteiger charge is 2.43. The van der Waals surface area contributed by atoms with Crippen LogP contribution in [0.1, 0.15) is 19.8 Å². The molecule has 2 saturated heterocycles. The molecule has 2 aliphatic rings. The number of carboxylic acids is 1. The number of carbonyl (C=O) groups is 2. The van der Waals surface area contributed by atoms with Gasteiger partial charge in [-0.05, 0) is 12.5 Å². The summed E-state index contributed by atoms with van der Waals surface area (Å²) in [5, 5.41) is 15.3. The molecule has 0 saturated carbocycles. The average Bonchev–Trinajstić information content (AvgIpc) is 2.76. The van der Waals surface area contributed by atoms with Gasteiger partial charge in [-0.25, -0.2) is 4.79 Å². The maximum atomic E-state index is 12.2. The Morgan fingerprint density at radius 1 is 1.33 bits per heavy atom. The second kappa shape index (κ2) is 5.24. The van der Waals surface area contributed by atoms with E-state index >= 15 is 0 Å². The minimum Gasteiger partial charge on any atom is -0.480 e. The Bertz CT molecular complexity index is 339. The number of hydrogen-bond acceptors (Lipinski definition) is 4. The molecule has 3 N–H and O–H groups in total. The number of carboxylic acid groups (broad SMARTS) is 1. The van der Waals surface area contributed by atoms with Crippen LogP contribution in [0.5, 0.6) is 0 Å². The summed E-state index contributed by atoms with van der Waals surface area (Å²) in [6, 6.07) is 0. The molecule has 0 bridgehead atoms. The molecule has 0 radical (unpaired) electrons. The quantitative estimate of drug-likeness (QED) is 0.639. The summed E-state index contributed by atoms with van der Waals surface area (Å²) in [5.41, 5.74) is -1.14. The van der Waals surface area contributed by atoms with Crippen molar-refractivity contribution in [2.45, 2.75) is 25.3 Å². The predicted molar refractivity (Wildman–Crippen MR) is 64.1 cm³/mol. The molecule has 2 aliphatic heterocycles. The van der Waals surface area contributed by atoms with Gasteiger partial charge in [0.15, 0.2) is 0 Å². The van der Waals surface area contributed by atoms with Gasteiger partial charge in [-0.15, -0.1) is 0 Å². The first kappa shape index (κ1) is 13.3. The molecule has 2 heterocycles. The molecule has 2 atom stereocenters. The van der Waals surface area contributed by atoms with Crippen molar-refractivity contribution in [3.8, 4) is 0 Å². The lowest BCUT2D eigenvalue weighted by atomic mass is 9.88. The van der Waals surface area contributed by atoms with Crippen LogP contribution in [0, 0.1) is 11.8 Å². The van der Waals surface area contributed by atoms with Crippen molar-refractivity contribution < 1.29 is 19.4 Å². The third-order valence-corrected chi connectivity index (χ3v) is 3.97. The van der Waals surface area contributed by atoms with Crippen LogP contribution in [0.2, 0.25) is 0 Å². The normalized spacial score (nSPS) is 30.9. The number of rotatable bonds is 3. The fourth-order valence-electron chi connectivity index (χ4n) is 2.60. The van der Waals surface area contributed by atoms with Gasteiger partial charge in [-0.2, -0.15) is 0 Å². The fraction of sp³-hybridized carbons (Fsp3) is 0.833. The smallest absolute Gasteiger partial charge is 0.329 e. The van der Waals surface area contributed by atoms with E-state index in [2.05, 4.69) is 10.6 Å². The van der Waals surface area contributed by atoms with Crippen LogP contribution in [-0.4, -0.2) is 48.8 Å². The minimum atomic E-state index is -1.14. The van der Waals surface area contributed by atoms with Gasteiger partial charge in [0, 0.05) is 32.6 Å². The minimum absolute atomic E-state index is 0.135. The summed E-state index contributed by atoms with van der Waals surface area (Å²) in [4.78, 5) is 23.6. The van der Waals surface area contributed by atoms with E-state index in [9.17, 15) is 14.7 Å². The van der Waals surface area contributed by atoms with Gasteiger partial charge in [0.25, 0.3) is 0 Å². The standard InChI is InChI=1S/C12H20N2O4/c1-8-6-13-7-9(8)10(15)14-12(11(16)17)2-4-18-5-3-12/h8-9,13H,2-7H2,1H3,(H,14,15)(H,16,17)/t8-,9-/m1/s1. The molecule has 0 aliphatic carbocycles. The highest BCUT2D eigenvalue weighted by Crippen LogP contribution is 2.23. The molecular formula is C12H20N2O4. The molecule has 6 heteroatoms. The summed E-state index contributed by atoms with van der Waals surface area (Å²) < 4.78 is 5.18. The second-order valence-corrected chi connectivity index (χ2v) is 5.23. The van der Waals surface area contributed by atoms with E-state index in [0.29, 0.717) is 32.6 Å². The predicted octanol–water partition coefficient (Wildman–Crippen LogP) is -0.408. The summed E-state index contributed by atoms with van der Waals surface area (Å²) >= 11 is 0. The van der Waals surface area contributed by atoms with E-state index in [4.69, 9.17) is 4.74 Å². The molecule has 0 unspecified atom stereocenters. The summed E-state index contributed by atoms with van der Waals surface area (Å²) in [6.07, 6.45) is 0.672. The number of hydrogen-bond donors (Lipinski definition) is 3. The van der Waals surface area contributed by atoms with Crippen molar-refractivity contribution in [2.24, 2.45) is 11.8 Å². The van der Waals surface area contributed by atoms with Crippen LogP contribution < -0.4 is 10.6 Å². The van der Waals surface area contributed by atoms with Crippen LogP contribution in [0.4, 0.5) is 0 Å².